The second kappa shape index (κ2) is 5.02. The number of nitrogens with one attached hydrogen (secondary N) is 1. The predicted molar refractivity (Wildman–Crippen MR) is 70.6 cm³/mol. The van der Waals surface area contributed by atoms with Gasteiger partial charge in [0.1, 0.15) is 5.82 Å². The largest absolute Gasteiger partial charge is 0.381 e. The summed E-state index contributed by atoms with van der Waals surface area (Å²) < 4.78 is 7.97. The van der Waals surface area contributed by atoms with E-state index >= 15 is 0 Å². The van der Waals surface area contributed by atoms with Gasteiger partial charge in [-0.05, 0) is 32.6 Å². The smallest absolute Gasteiger partial charge is 0.106 e. The lowest BCUT2D eigenvalue weighted by atomic mass is 9.92. The van der Waals surface area contributed by atoms with E-state index in [1.807, 2.05) is 0 Å². The van der Waals surface area contributed by atoms with Crippen molar-refractivity contribution in [2.24, 2.45) is 5.92 Å². The van der Waals surface area contributed by atoms with Crippen molar-refractivity contribution >= 4 is 0 Å². The van der Waals surface area contributed by atoms with Crippen LogP contribution in [-0.4, -0.2) is 29.3 Å². The molecule has 1 unspecified atom stereocenters. The van der Waals surface area contributed by atoms with Gasteiger partial charge in [0, 0.05) is 44.5 Å². The molecule has 0 bridgehead atoms. The maximum atomic E-state index is 5.48. The number of fused-ring (bicyclic) bond motifs is 1. The van der Waals surface area contributed by atoms with Gasteiger partial charge in [-0.25, -0.2) is 4.98 Å². The highest BCUT2D eigenvalue weighted by atomic mass is 16.5. The molecule has 0 amide bonds. The van der Waals surface area contributed by atoms with Crippen molar-refractivity contribution in [2.45, 2.75) is 45.7 Å². The fourth-order valence-corrected chi connectivity index (χ4v) is 3.42. The second-order valence-corrected chi connectivity index (χ2v) is 5.54. The summed E-state index contributed by atoms with van der Waals surface area (Å²) in [6.07, 6.45) is 3.49. The summed E-state index contributed by atoms with van der Waals surface area (Å²) >= 11 is 0. The van der Waals surface area contributed by atoms with Crippen LogP contribution >= 0.6 is 0 Å². The van der Waals surface area contributed by atoms with E-state index in [1.54, 1.807) is 0 Å². The van der Waals surface area contributed by atoms with Crippen LogP contribution in [0.3, 0.4) is 0 Å². The van der Waals surface area contributed by atoms with Crippen molar-refractivity contribution in [3.8, 4) is 0 Å². The molecule has 1 saturated heterocycles. The third-order valence-corrected chi connectivity index (χ3v) is 4.46. The molecule has 3 heterocycles. The average molecular weight is 249 g/mol. The number of hydrogen-bond acceptors (Lipinski definition) is 3. The minimum absolute atomic E-state index is 0.559. The minimum atomic E-state index is 0.559. The zero-order chi connectivity index (χ0) is 12.5. The molecule has 1 N–H and O–H groups in total. The molecule has 1 aromatic heterocycles. The average Bonchev–Trinajstić information content (AvgIpc) is 2.75. The van der Waals surface area contributed by atoms with E-state index in [-0.39, 0.29) is 0 Å². The van der Waals surface area contributed by atoms with Crippen LogP contribution in [0, 0.1) is 12.8 Å². The van der Waals surface area contributed by atoms with Crippen molar-refractivity contribution in [3.05, 3.63) is 17.2 Å². The van der Waals surface area contributed by atoms with Crippen LogP contribution in [0.1, 0.15) is 43.0 Å². The topological polar surface area (TPSA) is 39.1 Å². The first-order chi connectivity index (χ1) is 8.77. The van der Waals surface area contributed by atoms with Crippen molar-refractivity contribution in [3.63, 3.8) is 0 Å². The fraction of sp³-hybridized carbons (Fsp3) is 0.786. The highest BCUT2D eigenvalue weighted by Gasteiger charge is 2.27. The maximum Gasteiger partial charge on any atom is 0.106 e. The van der Waals surface area contributed by atoms with Crippen LogP contribution in [0.5, 0.6) is 0 Å². The SMILES string of the molecule is Cc1nc2c(n1C(C)C1CCOCC1)CCNC2. The standard InChI is InChI=1S/C14H23N3O/c1-10(12-4-7-18-8-5-12)17-11(2)16-13-9-15-6-3-14(13)17/h10,12,15H,3-9H2,1-2H3. The van der Waals surface area contributed by atoms with Crippen LogP contribution in [0.2, 0.25) is 0 Å². The van der Waals surface area contributed by atoms with Gasteiger partial charge < -0.3 is 14.6 Å². The van der Waals surface area contributed by atoms with Crippen molar-refractivity contribution in [2.75, 3.05) is 19.8 Å². The molecule has 2 aliphatic heterocycles. The molecule has 2 aliphatic rings. The summed E-state index contributed by atoms with van der Waals surface area (Å²) in [5.41, 5.74) is 2.72. The summed E-state index contributed by atoms with van der Waals surface area (Å²) in [7, 11) is 0. The Morgan fingerprint density at radius 2 is 2.17 bits per heavy atom. The lowest BCUT2D eigenvalue weighted by Crippen LogP contribution is -2.29. The monoisotopic (exact) mass is 249 g/mol. The van der Waals surface area contributed by atoms with Gasteiger partial charge in [0.2, 0.25) is 0 Å². The van der Waals surface area contributed by atoms with Gasteiger partial charge in [0.25, 0.3) is 0 Å². The molecule has 0 aromatic carbocycles. The Bertz CT molecular complexity index is 421. The number of ether oxygens (including phenoxy) is 1. The summed E-state index contributed by atoms with van der Waals surface area (Å²) in [6.45, 7) is 8.36. The second-order valence-electron chi connectivity index (χ2n) is 5.54. The maximum absolute atomic E-state index is 5.48. The summed E-state index contributed by atoms with van der Waals surface area (Å²) in [6, 6.07) is 0.559. The van der Waals surface area contributed by atoms with E-state index < -0.39 is 0 Å². The minimum Gasteiger partial charge on any atom is -0.381 e. The third kappa shape index (κ3) is 2.08. The number of nitrogens with zero attached hydrogens (tertiary/aromatic N) is 2. The van der Waals surface area contributed by atoms with E-state index in [0.29, 0.717) is 6.04 Å². The van der Waals surface area contributed by atoms with E-state index in [9.17, 15) is 0 Å². The first-order valence-electron chi connectivity index (χ1n) is 7.12. The Hall–Kier alpha value is -0.870. The molecule has 4 nitrogen and oxygen atoms in total. The number of imidazole rings is 1. The van der Waals surface area contributed by atoms with Gasteiger partial charge in [0.15, 0.2) is 0 Å². The lowest BCUT2D eigenvalue weighted by molar-refractivity contribution is 0.0506. The Morgan fingerprint density at radius 3 is 2.94 bits per heavy atom. The Labute approximate surface area is 109 Å². The molecular weight excluding hydrogens is 226 g/mol. The van der Waals surface area contributed by atoms with Gasteiger partial charge in [-0.1, -0.05) is 0 Å². The van der Waals surface area contributed by atoms with Crippen LogP contribution < -0.4 is 5.32 Å². The predicted octanol–water partition coefficient (Wildman–Crippen LogP) is 1.82. The fourth-order valence-electron chi connectivity index (χ4n) is 3.42. The zero-order valence-electron chi connectivity index (χ0n) is 11.4. The Morgan fingerprint density at radius 1 is 1.39 bits per heavy atom. The van der Waals surface area contributed by atoms with Crippen molar-refractivity contribution < 1.29 is 4.74 Å². The number of rotatable bonds is 2. The molecular formula is C14H23N3O. The molecule has 1 aromatic rings. The van der Waals surface area contributed by atoms with Gasteiger partial charge in [-0.3, -0.25) is 0 Å². The highest BCUT2D eigenvalue weighted by Crippen LogP contribution is 2.31. The molecule has 18 heavy (non-hydrogen) atoms. The molecule has 100 valence electrons. The molecule has 0 spiro atoms. The molecule has 0 radical (unpaired) electrons. The van der Waals surface area contributed by atoms with Crippen LogP contribution in [0.25, 0.3) is 0 Å². The molecule has 3 rings (SSSR count). The Balaban J connectivity index is 1.88. The molecule has 0 saturated carbocycles. The molecule has 4 heteroatoms. The highest BCUT2D eigenvalue weighted by molar-refractivity contribution is 5.21. The summed E-state index contributed by atoms with van der Waals surface area (Å²) in [5, 5.41) is 3.40. The first-order valence-corrected chi connectivity index (χ1v) is 7.12. The Kier molecular flexibility index (Phi) is 3.39. The van der Waals surface area contributed by atoms with Crippen LogP contribution in [0.4, 0.5) is 0 Å². The van der Waals surface area contributed by atoms with E-state index in [1.165, 1.54) is 30.1 Å². The van der Waals surface area contributed by atoms with E-state index in [0.717, 1.165) is 38.6 Å². The normalized spacial score (nSPS) is 22.8. The molecule has 1 atom stereocenters. The summed E-state index contributed by atoms with van der Waals surface area (Å²) in [5.74, 6) is 1.92. The number of aromatic nitrogens is 2. The quantitative estimate of drug-likeness (QED) is 0.869. The van der Waals surface area contributed by atoms with E-state index in [2.05, 4.69) is 23.7 Å². The summed E-state index contributed by atoms with van der Waals surface area (Å²) in [4.78, 5) is 4.74. The molecule has 0 aliphatic carbocycles. The van der Waals surface area contributed by atoms with Gasteiger partial charge in [-0.15, -0.1) is 0 Å². The first kappa shape index (κ1) is 12.2. The van der Waals surface area contributed by atoms with Gasteiger partial charge in [0.05, 0.1) is 5.69 Å². The lowest BCUT2D eigenvalue weighted by Gasteiger charge is -2.31. The van der Waals surface area contributed by atoms with Crippen molar-refractivity contribution in [1.82, 2.24) is 14.9 Å². The number of aryl methyl sites for hydroxylation is 1. The van der Waals surface area contributed by atoms with Crippen molar-refractivity contribution in [1.29, 1.82) is 0 Å². The number of hydrogen-bond donors (Lipinski definition) is 1. The van der Waals surface area contributed by atoms with E-state index in [4.69, 9.17) is 9.72 Å². The van der Waals surface area contributed by atoms with Crippen LogP contribution in [-0.2, 0) is 17.7 Å². The van der Waals surface area contributed by atoms with Gasteiger partial charge in [-0.2, -0.15) is 0 Å². The molecule has 1 fully saturated rings. The van der Waals surface area contributed by atoms with Crippen LogP contribution in [0.15, 0.2) is 0 Å². The third-order valence-electron chi connectivity index (χ3n) is 4.46. The zero-order valence-corrected chi connectivity index (χ0v) is 11.4. The van der Waals surface area contributed by atoms with Gasteiger partial charge >= 0.3 is 0 Å².